The van der Waals surface area contributed by atoms with Crippen molar-refractivity contribution in [3.05, 3.63) is 0 Å². The van der Waals surface area contributed by atoms with Crippen LogP contribution in [0.1, 0.15) is 0 Å². The summed E-state index contributed by atoms with van der Waals surface area (Å²) in [7, 11) is 1.88. The van der Waals surface area contributed by atoms with E-state index in [9.17, 15) is 4.79 Å². The number of likely N-dealkylation sites (N-methyl/N-ethyl adjacent to an activating group) is 1. The summed E-state index contributed by atoms with van der Waals surface area (Å²) in [4.78, 5) is 12.6. The third-order valence-corrected chi connectivity index (χ3v) is 2.08. The van der Waals surface area contributed by atoms with E-state index < -0.39 is 11.9 Å². The van der Waals surface area contributed by atoms with Crippen LogP contribution < -0.4 is 5.73 Å². The summed E-state index contributed by atoms with van der Waals surface area (Å²) in [6, 6.07) is -0.0141. The molecule has 5 nitrogen and oxygen atoms in total. The minimum absolute atomic E-state index is 0.0141. The van der Waals surface area contributed by atoms with Crippen molar-refractivity contribution < 1.29 is 14.6 Å². The molecule has 1 heterocycles. The largest absolute Gasteiger partial charge is 0.481 e. The van der Waals surface area contributed by atoms with Gasteiger partial charge in [0.25, 0.3) is 0 Å². The van der Waals surface area contributed by atoms with Gasteiger partial charge in [-0.15, -0.1) is 0 Å². The van der Waals surface area contributed by atoms with Crippen LogP contribution in [0.5, 0.6) is 0 Å². The second-order valence-electron chi connectivity index (χ2n) is 3.55. The third-order valence-electron chi connectivity index (χ3n) is 2.08. The van der Waals surface area contributed by atoms with Crippen LogP contribution in [-0.4, -0.2) is 55.4 Å². The molecule has 0 bridgehead atoms. The lowest BCUT2D eigenvalue weighted by atomic mass is 10.1. The Kier molecular flexibility index (Phi) is 3.65. The molecule has 2 unspecified atom stereocenters. The molecule has 0 amide bonds. The maximum absolute atomic E-state index is 10.7. The summed E-state index contributed by atoms with van der Waals surface area (Å²) in [6.07, 6.45) is 0. The first-order valence-electron chi connectivity index (χ1n) is 4.34. The van der Waals surface area contributed by atoms with Crippen molar-refractivity contribution in [1.82, 2.24) is 4.90 Å². The summed E-state index contributed by atoms with van der Waals surface area (Å²) >= 11 is 0. The Bertz CT molecular complexity index is 186. The van der Waals surface area contributed by atoms with Crippen LogP contribution in [0.4, 0.5) is 0 Å². The van der Waals surface area contributed by atoms with E-state index in [-0.39, 0.29) is 12.6 Å². The summed E-state index contributed by atoms with van der Waals surface area (Å²) in [6.45, 7) is 1.88. The van der Waals surface area contributed by atoms with Gasteiger partial charge < -0.3 is 20.5 Å². The molecule has 76 valence electrons. The number of carbonyl (C=O) groups is 1. The van der Waals surface area contributed by atoms with E-state index in [1.165, 1.54) is 0 Å². The summed E-state index contributed by atoms with van der Waals surface area (Å²) in [5.41, 5.74) is 5.70. The smallest absolute Gasteiger partial charge is 0.310 e. The van der Waals surface area contributed by atoms with Gasteiger partial charge in [-0.1, -0.05) is 0 Å². The van der Waals surface area contributed by atoms with Gasteiger partial charge in [-0.3, -0.25) is 4.79 Å². The Balaban J connectivity index is 2.48. The van der Waals surface area contributed by atoms with Gasteiger partial charge in [0, 0.05) is 19.1 Å². The first-order chi connectivity index (χ1) is 6.09. The van der Waals surface area contributed by atoms with Crippen LogP contribution >= 0.6 is 0 Å². The van der Waals surface area contributed by atoms with E-state index in [4.69, 9.17) is 15.6 Å². The number of nitrogens with zero attached hydrogens (tertiary/aromatic N) is 1. The molecular weight excluding hydrogens is 172 g/mol. The summed E-state index contributed by atoms with van der Waals surface area (Å²) < 4.78 is 5.18. The monoisotopic (exact) mass is 188 g/mol. The van der Waals surface area contributed by atoms with E-state index in [0.717, 1.165) is 0 Å². The van der Waals surface area contributed by atoms with Crippen LogP contribution in [0.2, 0.25) is 0 Å². The van der Waals surface area contributed by atoms with Crippen molar-refractivity contribution in [3.63, 3.8) is 0 Å². The van der Waals surface area contributed by atoms with Crippen molar-refractivity contribution in [2.24, 2.45) is 11.7 Å². The van der Waals surface area contributed by atoms with E-state index in [1.54, 1.807) is 0 Å². The highest BCUT2D eigenvalue weighted by Crippen LogP contribution is 2.05. The van der Waals surface area contributed by atoms with Gasteiger partial charge in [0.2, 0.25) is 0 Å². The van der Waals surface area contributed by atoms with Crippen molar-refractivity contribution >= 4 is 5.97 Å². The van der Waals surface area contributed by atoms with Gasteiger partial charge in [0.1, 0.15) is 0 Å². The number of hydrogen-bond donors (Lipinski definition) is 2. The van der Waals surface area contributed by atoms with Crippen LogP contribution in [0, 0.1) is 5.92 Å². The van der Waals surface area contributed by atoms with Gasteiger partial charge in [-0.25, -0.2) is 0 Å². The van der Waals surface area contributed by atoms with Crippen molar-refractivity contribution in [3.8, 4) is 0 Å². The molecule has 0 radical (unpaired) electrons. The predicted octanol–water partition coefficient (Wildman–Crippen LogP) is -1.02. The maximum atomic E-state index is 10.7. The SMILES string of the molecule is CN1CC(N)COCC(C(=O)O)C1. The number of nitrogens with two attached hydrogens (primary N) is 1. The standard InChI is InChI=1S/C8H16N2O3/c1-10-2-6(8(11)12)4-13-5-7(9)3-10/h6-7H,2-5,9H2,1H3,(H,11,12). The highest BCUT2D eigenvalue weighted by Gasteiger charge is 2.23. The van der Waals surface area contributed by atoms with E-state index in [0.29, 0.717) is 19.7 Å². The Hall–Kier alpha value is -0.650. The van der Waals surface area contributed by atoms with Crippen molar-refractivity contribution in [2.45, 2.75) is 6.04 Å². The normalized spacial score (nSPS) is 32.2. The third kappa shape index (κ3) is 3.30. The van der Waals surface area contributed by atoms with Gasteiger partial charge in [-0.05, 0) is 7.05 Å². The number of rotatable bonds is 1. The summed E-state index contributed by atoms with van der Waals surface area (Å²) in [5, 5.41) is 8.80. The molecule has 2 atom stereocenters. The molecule has 5 heteroatoms. The Morgan fingerprint density at radius 2 is 2.23 bits per heavy atom. The number of hydrogen-bond acceptors (Lipinski definition) is 4. The van der Waals surface area contributed by atoms with Crippen molar-refractivity contribution in [1.29, 1.82) is 0 Å². The average Bonchev–Trinajstić information content (AvgIpc) is 1.98. The van der Waals surface area contributed by atoms with E-state index >= 15 is 0 Å². The molecule has 1 rings (SSSR count). The molecule has 13 heavy (non-hydrogen) atoms. The molecule has 0 saturated carbocycles. The van der Waals surface area contributed by atoms with Gasteiger partial charge in [0.05, 0.1) is 19.1 Å². The molecule has 0 spiro atoms. The predicted molar refractivity (Wildman–Crippen MR) is 47.4 cm³/mol. The first kappa shape index (κ1) is 10.4. The lowest BCUT2D eigenvalue weighted by molar-refractivity contribution is -0.145. The summed E-state index contributed by atoms with van der Waals surface area (Å²) in [5.74, 6) is -1.24. The Morgan fingerprint density at radius 3 is 2.85 bits per heavy atom. The Labute approximate surface area is 77.5 Å². The lowest BCUT2D eigenvalue weighted by Crippen LogP contribution is -2.45. The zero-order valence-electron chi connectivity index (χ0n) is 7.77. The molecule has 1 aliphatic rings. The fraction of sp³-hybridized carbons (Fsp3) is 0.875. The highest BCUT2D eigenvalue weighted by atomic mass is 16.5. The number of aliphatic carboxylic acids is 1. The molecule has 3 N–H and O–H groups in total. The van der Waals surface area contributed by atoms with Gasteiger partial charge in [0.15, 0.2) is 0 Å². The number of ether oxygens (including phenoxy) is 1. The van der Waals surface area contributed by atoms with E-state index in [1.807, 2.05) is 11.9 Å². The minimum Gasteiger partial charge on any atom is -0.481 e. The lowest BCUT2D eigenvalue weighted by Gasteiger charge is -2.27. The average molecular weight is 188 g/mol. The first-order valence-corrected chi connectivity index (χ1v) is 4.34. The minimum atomic E-state index is -0.803. The van der Waals surface area contributed by atoms with Gasteiger partial charge >= 0.3 is 5.97 Å². The second kappa shape index (κ2) is 4.55. The van der Waals surface area contributed by atoms with Crippen LogP contribution in [-0.2, 0) is 9.53 Å². The molecule has 1 fully saturated rings. The number of carboxylic acid groups (broad SMARTS) is 1. The molecule has 0 aromatic carbocycles. The molecule has 0 aromatic heterocycles. The van der Waals surface area contributed by atoms with Crippen molar-refractivity contribution in [2.75, 3.05) is 33.4 Å². The fourth-order valence-electron chi connectivity index (χ4n) is 1.47. The number of carboxylic acids is 1. The quantitative estimate of drug-likeness (QED) is 0.550. The molecule has 1 aliphatic heterocycles. The molecule has 1 saturated heterocycles. The van der Waals surface area contributed by atoms with Gasteiger partial charge in [-0.2, -0.15) is 0 Å². The van der Waals surface area contributed by atoms with Crippen LogP contribution in [0.3, 0.4) is 0 Å². The van der Waals surface area contributed by atoms with Crippen LogP contribution in [0.25, 0.3) is 0 Å². The highest BCUT2D eigenvalue weighted by molar-refractivity contribution is 5.70. The molecule has 0 aromatic rings. The zero-order valence-corrected chi connectivity index (χ0v) is 7.77. The molecular formula is C8H16N2O3. The second-order valence-corrected chi connectivity index (χ2v) is 3.55. The van der Waals surface area contributed by atoms with E-state index in [2.05, 4.69) is 0 Å². The zero-order chi connectivity index (χ0) is 9.84. The Morgan fingerprint density at radius 1 is 1.54 bits per heavy atom. The molecule has 0 aliphatic carbocycles. The van der Waals surface area contributed by atoms with Crippen LogP contribution in [0.15, 0.2) is 0 Å². The maximum Gasteiger partial charge on any atom is 0.310 e. The fourth-order valence-corrected chi connectivity index (χ4v) is 1.47. The topological polar surface area (TPSA) is 75.8 Å².